The van der Waals surface area contributed by atoms with Gasteiger partial charge in [-0.15, -0.1) is 0 Å². The zero-order chi connectivity index (χ0) is 27.9. The van der Waals surface area contributed by atoms with Crippen LogP contribution >= 0.6 is 0 Å². The summed E-state index contributed by atoms with van der Waals surface area (Å²) >= 11 is 0. The third-order valence-electron chi connectivity index (χ3n) is 7.02. The number of rotatable bonds is 7. The fourth-order valence-electron chi connectivity index (χ4n) is 4.76. The van der Waals surface area contributed by atoms with Crippen molar-refractivity contribution in [1.82, 2.24) is 19.9 Å². The summed E-state index contributed by atoms with van der Waals surface area (Å²) in [4.78, 5) is 39.9. The molecule has 0 radical (unpaired) electrons. The summed E-state index contributed by atoms with van der Waals surface area (Å²) in [7, 11) is 0. The first-order valence-electron chi connectivity index (χ1n) is 13.4. The summed E-state index contributed by atoms with van der Waals surface area (Å²) < 4.78 is 5.11. The highest BCUT2D eigenvalue weighted by Gasteiger charge is 2.24. The van der Waals surface area contributed by atoms with E-state index in [1.165, 1.54) is 5.56 Å². The highest BCUT2D eigenvalue weighted by Crippen LogP contribution is 2.29. The topological polar surface area (TPSA) is 109 Å². The standard InChI is InChI=1S/C31H32N6O3/c1-3-40-31(39)37-17-13-23(14-18-37)22-8-10-26(11-9-22)34-29(38)24-7-6-21(2)28(19-24)36-30-33-16-12-27(35-30)25-5-4-15-32-20-25/h4-12,15-16,19-20,23H,3,13-14,17-18H2,1-2H3,(H,34,38)(H,33,35,36). The number of carbonyl (C=O) groups is 2. The molecule has 0 unspecified atom stereocenters. The van der Waals surface area contributed by atoms with E-state index in [4.69, 9.17) is 4.74 Å². The molecule has 0 aliphatic carbocycles. The van der Waals surface area contributed by atoms with Gasteiger partial charge < -0.3 is 20.3 Å². The Morgan fingerprint density at radius 1 is 1.02 bits per heavy atom. The van der Waals surface area contributed by atoms with Gasteiger partial charge in [0.05, 0.1) is 12.3 Å². The molecule has 4 aromatic rings. The monoisotopic (exact) mass is 536 g/mol. The number of hydrogen-bond acceptors (Lipinski definition) is 7. The van der Waals surface area contributed by atoms with Crippen molar-refractivity contribution in [2.24, 2.45) is 0 Å². The Labute approximate surface area is 233 Å². The van der Waals surface area contributed by atoms with Gasteiger partial charge in [-0.2, -0.15) is 0 Å². The number of aryl methyl sites for hydroxylation is 1. The SMILES string of the molecule is CCOC(=O)N1CCC(c2ccc(NC(=O)c3ccc(C)c(Nc4nccc(-c5cccnc5)n4)c3)cc2)CC1. The highest BCUT2D eigenvalue weighted by molar-refractivity contribution is 6.05. The van der Waals surface area contributed by atoms with Crippen molar-refractivity contribution in [2.75, 3.05) is 30.3 Å². The largest absolute Gasteiger partial charge is 0.450 e. The lowest BCUT2D eigenvalue weighted by atomic mass is 9.89. The number of benzene rings is 2. The van der Waals surface area contributed by atoms with Crippen LogP contribution in [-0.2, 0) is 4.74 Å². The maximum Gasteiger partial charge on any atom is 0.409 e. The molecule has 0 saturated carbocycles. The first kappa shape index (κ1) is 26.8. The van der Waals surface area contributed by atoms with Crippen molar-refractivity contribution in [3.05, 3.63) is 95.9 Å². The van der Waals surface area contributed by atoms with E-state index in [-0.39, 0.29) is 12.0 Å². The average molecular weight is 537 g/mol. The molecule has 2 aromatic heterocycles. The molecule has 1 aliphatic rings. The van der Waals surface area contributed by atoms with Gasteiger partial charge in [-0.1, -0.05) is 18.2 Å². The number of nitrogens with one attached hydrogen (secondary N) is 2. The van der Waals surface area contributed by atoms with Crippen LogP contribution < -0.4 is 10.6 Å². The molecule has 1 saturated heterocycles. The van der Waals surface area contributed by atoms with Gasteiger partial charge >= 0.3 is 6.09 Å². The van der Waals surface area contributed by atoms with E-state index in [1.807, 2.05) is 50.2 Å². The molecule has 9 heteroatoms. The maximum atomic E-state index is 13.1. The quantitative estimate of drug-likeness (QED) is 0.290. The first-order valence-corrected chi connectivity index (χ1v) is 13.4. The smallest absolute Gasteiger partial charge is 0.409 e. The normalized spacial score (nSPS) is 13.5. The van der Waals surface area contributed by atoms with E-state index >= 15 is 0 Å². The van der Waals surface area contributed by atoms with E-state index in [0.717, 1.165) is 41.0 Å². The fourth-order valence-corrected chi connectivity index (χ4v) is 4.76. The molecule has 0 atom stereocenters. The number of anilines is 3. The minimum Gasteiger partial charge on any atom is -0.450 e. The van der Waals surface area contributed by atoms with Crippen molar-refractivity contribution in [3.8, 4) is 11.3 Å². The molecule has 9 nitrogen and oxygen atoms in total. The second kappa shape index (κ2) is 12.4. The van der Waals surface area contributed by atoms with Gasteiger partial charge in [0.2, 0.25) is 5.95 Å². The molecule has 1 aliphatic heterocycles. The van der Waals surface area contributed by atoms with Crippen molar-refractivity contribution >= 4 is 29.3 Å². The molecule has 0 spiro atoms. The van der Waals surface area contributed by atoms with E-state index in [0.29, 0.717) is 37.1 Å². The van der Waals surface area contributed by atoms with Crippen LogP contribution in [0.15, 0.2) is 79.3 Å². The molecule has 3 heterocycles. The van der Waals surface area contributed by atoms with Gasteiger partial charge in [0.15, 0.2) is 0 Å². The maximum absolute atomic E-state index is 13.1. The summed E-state index contributed by atoms with van der Waals surface area (Å²) in [6, 6.07) is 19.1. The molecule has 2 amide bonds. The number of hydrogen-bond donors (Lipinski definition) is 2. The number of pyridine rings is 1. The van der Waals surface area contributed by atoms with E-state index < -0.39 is 0 Å². The molecular formula is C31H32N6O3. The second-order valence-corrected chi connectivity index (χ2v) is 9.70. The van der Waals surface area contributed by atoms with Crippen molar-refractivity contribution in [3.63, 3.8) is 0 Å². The van der Waals surface area contributed by atoms with Crippen LogP contribution in [0.2, 0.25) is 0 Å². The second-order valence-electron chi connectivity index (χ2n) is 9.70. The lowest BCUT2D eigenvalue weighted by Crippen LogP contribution is -2.38. The number of likely N-dealkylation sites (tertiary alicyclic amines) is 1. The summed E-state index contributed by atoms with van der Waals surface area (Å²) in [5, 5.41) is 6.24. The minimum atomic E-state index is -0.237. The Hall–Kier alpha value is -4.79. The van der Waals surface area contributed by atoms with E-state index in [2.05, 4.69) is 37.7 Å². The van der Waals surface area contributed by atoms with Gasteiger partial charge in [-0.3, -0.25) is 9.78 Å². The molecular weight excluding hydrogens is 504 g/mol. The van der Waals surface area contributed by atoms with Gasteiger partial charge in [0.1, 0.15) is 0 Å². The summed E-state index contributed by atoms with van der Waals surface area (Å²) in [6.07, 6.45) is 6.70. The molecule has 2 N–H and O–H groups in total. The number of nitrogens with zero attached hydrogens (tertiary/aromatic N) is 4. The van der Waals surface area contributed by atoms with Crippen molar-refractivity contribution in [1.29, 1.82) is 0 Å². The Bertz CT molecular complexity index is 1470. The van der Waals surface area contributed by atoms with Crippen molar-refractivity contribution in [2.45, 2.75) is 32.6 Å². The van der Waals surface area contributed by atoms with Crippen LogP contribution in [-0.4, -0.2) is 51.5 Å². The van der Waals surface area contributed by atoms with Crippen LogP contribution in [0.4, 0.5) is 22.1 Å². The third kappa shape index (κ3) is 6.43. The molecule has 40 heavy (non-hydrogen) atoms. The summed E-state index contributed by atoms with van der Waals surface area (Å²) in [5.41, 5.74) is 5.81. The first-order chi connectivity index (χ1) is 19.5. The average Bonchev–Trinajstić information content (AvgIpc) is 2.99. The van der Waals surface area contributed by atoms with E-state index in [9.17, 15) is 9.59 Å². The lowest BCUT2D eigenvalue weighted by Gasteiger charge is -2.31. The number of carbonyl (C=O) groups excluding carboxylic acids is 2. The van der Waals surface area contributed by atoms with Gasteiger partial charge in [0.25, 0.3) is 5.91 Å². The molecule has 1 fully saturated rings. The summed E-state index contributed by atoms with van der Waals surface area (Å²) in [6.45, 7) is 5.54. The van der Waals surface area contributed by atoms with Crippen molar-refractivity contribution < 1.29 is 14.3 Å². The minimum absolute atomic E-state index is 0.205. The van der Waals surface area contributed by atoms with Crippen LogP contribution in [0.3, 0.4) is 0 Å². The zero-order valence-corrected chi connectivity index (χ0v) is 22.6. The van der Waals surface area contributed by atoms with Gasteiger partial charge in [0, 0.05) is 54.2 Å². The Kier molecular flexibility index (Phi) is 8.29. The number of aromatic nitrogens is 3. The van der Waals surface area contributed by atoms with Gasteiger partial charge in [-0.25, -0.2) is 14.8 Å². The zero-order valence-electron chi connectivity index (χ0n) is 22.6. The van der Waals surface area contributed by atoms with Crippen LogP contribution in [0.25, 0.3) is 11.3 Å². The van der Waals surface area contributed by atoms with Crippen LogP contribution in [0.5, 0.6) is 0 Å². The highest BCUT2D eigenvalue weighted by atomic mass is 16.6. The summed E-state index contributed by atoms with van der Waals surface area (Å²) in [5.74, 6) is 0.606. The molecule has 5 rings (SSSR count). The predicted molar refractivity (Wildman–Crippen MR) is 155 cm³/mol. The molecule has 0 bridgehead atoms. The number of piperidine rings is 1. The van der Waals surface area contributed by atoms with Gasteiger partial charge in [-0.05, 0) is 86.2 Å². The predicted octanol–water partition coefficient (Wildman–Crippen LogP) is 6.18. The number of ether oxygens (including phenoxy) is 1. The Balaban J connectivity index is 1.21. The fraction of sp³-hybridized carbons (Fsp3) is 0.258. The third-order valence-corrected chi connectivity index (χ3v) is 7.02. The Morgan fingerprint density at radius 3 is 2.55 bits per heavy atom. The lowest BCUT2D eigenvalue weighted by molar-refractivity contribution is 0.0970. The van der Waals surface area contributed by atoms with Crippen LogP contribution in [0, 0.1) is 6.92 Å². The molecule has 204 valence electrons. The number of amides is 2. The van der Waals surface area contributed by atoms with Crippen LogP contribution in [0.1, 0.15) is 47.2 Å². The Morgan fingerprint density at radius 2 is 1.82 bits per heavy atom. The molecule has 2 aromatic carbocycles. The van der Waals surface area contributed by atoms with E-state index in [1.54, 1.807) is 35.6 Å².